The lowest BCUT2D eigenvalue weighted by atomic mass is 10.1. The number of aryl methyl sites for hydroxylation is 2. The first-order valence-corrected chi connectivity index (χ1v) is 10.3. The zero-order chi connectivity index (χ0) is 20.9. The van der Waals surface area contributed by atoms with Gasteiger partial charge in [0.05, 0.1) is 17.8 Å². The number of anilines is 1. The number of benzene rings is 2. The Morgan fingerprint density at radius 3 is 2.47 bits per heavy atom. The molecule has 0 unspecified atom stereocenters. The zero-order valence-corrected chi connectivity index (χ0v) is 17.4. The maximum atomic E-state index is 12.3. The average Bonchev–Trinajstić information content (AvgIpc) is 3.42. The summed E-state index contributed by atoms with van der Waals surface area (Å²) in [6.45, 7) is 1.98. The summed E-state index contributed by atoms with van der Waals surface area (Å²) in [4.78, 5) is 21.1. The van der Waals surface area contributed by atoms with Gasteiger partial charge in [-0.05, 0) is 43.3 Å². The molecule has 1 N–H and O–H groups in total. The number of aromatic nitrogens is 3. The van der Waals surface area contributed by atoms with Crippen LogP contribution in [0.3, 0.4) is 0 Å². The lowest BCUT2D eigenvalue weighted by molar-refractivity contribution is -0.116. The fourth-order valence-corrected chi connectivity index (χ4v) is 3.50. The third-order valence-corrected chi connectivity index (χ3v) is 5.24. The van der Waals surface area contributed by atoms with E-state index in [1.165, 1.54) is 0 Å². The Morgan fingerprint density at radius 1 is 1.07 bits per heavy atom. The standard InChI is InChI=1S/C22H20N4O3S/c1-14-23-19(13-30-14)15-3-7-17(8-4-15)24-20(27)11-12-21-25-22(26-29-21)16-5-9-18(28-2)10-6-16/h3-10,13H,11-12H2,1-2H3,(H,24,27). The van der Waals surface area contributed by atoms with Gasteiger partial charge in [0, 0.05) is 35.0 Å². The lowest BCUT2D eigenvalue weighted by Crippen LogP contribution is -2.12. The minimum Gasteiger partial charge on any atom is -0.497 e. The van der Waals surface area contributed by atoms with Crippen LogP contribution in [0, 0.1) is 6.92 Å². The van der Waals surface area contributed by atoms with Crippen molar-refractivity contribution in [2.24, 2.45) is 0 Å². The van der Waals surface area contributed by atoms with Crippen molar-refractivity contribution in [1.82, 2.24) is 15.1 Å². The van der Waals surface area contributed by atoms with Gasteiger partial charge in [0.15, 0.2) is 0 Å². The molecule has 30 heavy (non-hydrogen) atoms. The first-order valence-electron chi connectivity index (χ1n) is 9.40. The van der Waals surface area contributed by atoms with Crippen molar-refractivity contribution in [3.8, 4) is 28.4 Å². The summed E-state index contributed by atoms with van der Waals surface area (Å²) in [7, 11) is 1.61. The van der Waals surface area contributed by atoms with Crippen LogP contribution in [0.5, 0.6) is 5.75 Å². The van der Waals surface area contributed by atoms with Gasteiger partial charge in [-0.15, -0.1) is 11.3 Å². The van der Waals surface area contributed by atoms with Crippen LogP contribution in [-0.2, 0) is 11.2 Å². The lowest BCUT2D eigenvalue weighted by Gasteiger charge is -2.05. The molecule has 2 aromatic heterocycles. The van der Waals surface area contributed by atoms with Crippen molar-refractivity contribution >= 4 is 22.9 Å². The molecular weight excluding hydrogens is 400 g/mol. The number of amides is 1. The predicted molar refractivity (Wildman–Crippen MR) is 116 cm³/mol. The fraction of sp³-hybridized carbons (Fsp3) is 0.182. The van der Waals surface area contributed by atoms with Gasteiger partial charge in [0.1, 0.15) is 5.75 Å². The minimum absolute atomic E-state index is 0.114. The number of ether oxygens (including phenoxy) is 1. The Bertz CT molecular complexity index is 1130. The maximum absolute atomic E-state index is 12.3. The second kappa shape index (κ2) is 8.87. The number of methoxy groups -OCH3 is 1. The molecule has 0 saturated heterocycles. The Morgan fingerprint density at radius 2 is 1.80 bits per heavy atom. The molecule has 2 heterocycles. The van der Waals surface area contributed by atoms with Crippen LogP contribution in [0.4, 0.5) is 5.69 Å². The third kappa shape index (κ3) is 4.72. The third-order valence-electron chi connectivity index (χ3n) is 4.47. The van der Waals surface area contributed by atoms with Gasteiger partial charge in [0.25, 0.3) is 0 Å². The monoisotopic (exact) mass is 420 g/mol. The normalized spacial score (nSPS) is 10.7. The smallest absolute Gasteiger partial charge is 0.227 e. The van der Waals surface area contributed by atoms with E-state index < -0.39 is 0 Å². The Hall–Kier alpha value is -3.52. The van der Waals surface area contributed by atoms with E-state index in [-0.39, 0.29) is 12.3 Å². The second-order valence-corrected chi connectivity index (χ2v) is 7.68. The van der Waals surface area contributed by atoms with Crippen LogP contribution in [0.15, 0.2) is 58.4 Å². The van der Waals surface area contributed by atoms with E-state index in [1.807, 2.05) is 60.8 Å². The van der Waals surface area contributed by atoms with E-state index in [0.29, 0.717) is 18.1 Å². The van der Waals surface area contributed by atoms with Gasteiger partial charge < -0.3 is 14.6 Å². The van der Waals surface area contributed by atoms with Crippen LogP contribution in [0.1, 0.15) is 17.3 Å². The van der Waals surface area contributed by atoms with Crippen molar-refractivity contribution in [2.45, 2.75) is 19.8 Å². The van der Waals surface area contributed by atoms with Gasteiger partial charge in [-0.25, -0.2) is 4.98 Å². The molecule has 0 bridgehead atoms. The molecule has 0 aliphatic heterocycles. The van der Waals surface area contributed by atoms with E-state index in [4.69, 9.17) is 9.26 Å². The van der Waals surface area contributed by atoms with Crippen LogP contribution in [0.25, 0.3) is 22.6 Å². The van der Waals surface area contributed by atoms with Gasteiger partial charge >= 0.3 is 0 Å². The highest BCUT2D eigenvalue weighted by molar-refractivity contribution is 7.09. The van der Waals surface area contributed by atoms with E-state index in [1.54, 1.807) is 18.4 Å². The summed E-state index contributed by atoms with van der Waals surface area (Å²) in [6.07, 6.45) is 0.614. The summed E-state index contributed by atoms with van der Waals surface area (Å²) in [6, 6.07) is 15.0. The molecule has 0 aliphatic rings. The van der Waals surface area contributed by atoms with E-state index in [9.17, 15) is 4.79 Å². The van der Waals surface area contributed by atoms with Crippen molar-refractivity contribution in [3.63, 3.8) is 0 Å². The SMILES string of the molecule is COc1ccc(-c2noc(CCC(=O)Nc3ccc(-c4csc(C)n4)cc3)n2)cc1. The van der Waals surface area contributed by atoms with Crippen LogP contribution >= 0.6 is 11.3 Å². The molecule has 1 amide bonds. The Kier molecular flexibility index (Phi) is 5.85. The number of carbonyl (C=O) groups is 1. The summed E-state index contributed by atoms with van der Waals surface area (Å²) in [5.74, 6) is 1.55. The van der Waals surface area contributed by atoms with Gasteiger partial charge in [-0.2, -0.15) is 4.98 Å². The van der Waals surface area contributed by atoms with Gasteiger partial charge in [0.2, 0.25) is 17.6 Å². The molecule has 2 aromatic carbocycles. The van der Waals surface area contributed by atoms with Crippen LogP contribution < -0.4 is 10.1 Å². The molecule has 0 atom stereocenters. The topological polar surface area (TPSA) is 90.1 Å². The number of hydrogen-bond donors (Lipinski definition) is 1. The number of nitrogens with one attached hydrogen (secondary N) is 1. The molecule has 7 nitrogen and oxygen atoms in total. The first-order chi connectivity index (χ1) is 14.6. The molecule has 4 rings (SSSR count). The first kappa shape index (κ1) is 19.8. The summed E-state index contributed by atoms with van der Waals surface area (Å²) >= 11 is 1.61. The molecule has 8 heteroatoms. The molecule has 0 radical (unpaired) electrons. The highest BCUT2D eigenvalue weighted by Crippen LogP contribution is 2.23. The molecule has 0 aliphatic carbocycles. The fourth-order valence-electron chi connectivity index (χ4n) is 2.88. The molecular formula is C22H20N4O3S. The predicted octanol–water partition coefficient (Wildman–Crippen LogP) is 4.75. The van der Waals surface area contributed by atoms with Gasteiger partial charge in [-0.3, -0.25) is 4.79 Å². The molecule has 152 valence electrons. The largest absolute Gasteiger partial charge is 0.497 e. The highest BCUT2D eigenvalue weighted by atomic mass is 32.1. The highest BCUT2D eigenvalue weighted by Gasteiger charge is 2.11. The molecule has 0 fully saturated rings. The molecule has 0 saturated carbocycles. The van der Waals surface area contributed by atoms with E-state index in [2.05, 4.69) is 20.4 Å². The van der Waals surface area contributed by atoms with Crippen molar-refractivity contribution in [2.75, 3.05) is 12.4 Å². The minimum atomic E-state index is -0.114. The van der Waals surface area contributed by atoms with Crippen molar-refractivity contribution < 1.29 is 14.1 Å². The summed E-state index contributed by atoms with van der Waals surface area (Å²) < 4.78 is 10.4. The quantitative estimate of drug-likeness (QED) is 0.464. The summed E-state index contributed by atoms with van der Waals surface area (Å²) in [5, 5.41) is 9.91. The number of nitrogens with zero attached hydrogens (tertiary/aromatic N) is 3. The summed E-state index contributed by atoms with van der Waals surface area (Å²) in [5.41, 5.74) is 3.53. The van der Waals surface area contributed by atoms with Crippen LogP contribution in [0.2, 0.25) is 0 Å². The molecule has 4 aromatic rings. The van der Waals surface area contributed by atoms with Gasteiger partial charge in [-0.1, -0.05) is 17.3 Å². The number of thiazole rings is 1. The van der Waals surface area contributed by atoms with Crippen molar-refractivity contribution in [1.29, 1.82) is 0 Å². The Balaban J connectivity index is 1.31. The Labute approximate surface area is 177 Å². The van der Waals surface area contributed by atoms with Crippen LogP contribution in [-0.4, -0.2) is 28.1 Å². The number of rotatable bonds is 7. The average molecular weight is 420 g/mol. The number of carbonyl (C=O) groups excluding carboxylic acids is 1. The van der Waals surface area contributed by atoms with E-state index in [0.717, 1.165) is 33.3 Å². The number of hydrogen-bond acceptors (Lipinski definition) is 7. The van der Waals surface area contributed by atoms with Crippen molar-refractivity contribution in [3.05, 3.63) is 64.8 Å². The molecule has 0 spiro atoms. The zero-order valence-electron chi connectivity index (χ0n) is 16.6. The van der Waals surface area contributed by atoms with E-state index >= 15 is 0 Å². The second-order valence-electron chi connectivity index (χ2n) is 6.62. The maximum Gasteiger partial charge on any atom is 0.227 e.